The van der Waals surface area contributed by atoms with Crippen LogP contribution < -0.4 is 5.32 Å². The maximum absolute atomic E-state index is 5.06. The second-order valence-electron chi connectivity index (χ2n) is 4.48. The molecule has 3 rings (SSSR count). The summed E-state index contributed by atoms with van der Waals surface area (Å²) in [7, 11) is 0. The van der Waals surface area contributed by atoms with Gasteiger partial charge in [-0.05, 0) is 18.9 Å². The van der Waals surface area contributed by atoms with Crippen LogP contribution in [-0.2, 0) is 6.54 Å². The Balaban J connectivity index is 0.00000120. The second kappa shape index (κ2) is 5.50. The van der Waals surface area contributed by atoms with Crippen LogP contribution in [0.1, 0.15) is 29.6 Å². The zero-order valence-electron chi connectivity index (χ0n) is 10.2. The maximum atomic E-state index is 5.06. The van der Waals surface area contributed by atoms with E-state index in [2.05, 4.69) is 45.8 Å². The third-order valence-corrected chi connectivity index (χ3v) is 3.10. The lowest BCUT2D eigenvalue weighted by atomic mass is 10.1. The molecule has 1 aromatic carbocycles. The van der Waals surface area contributed by atoms with E-state index in [0.717, 1.165) is 0 Å². The maximum Gasteiger partial charge on any atom is 0.240 e. The fourth-order valence-electron chi connectivity index (χ4n) is 2.12. The van der Waals surface area contributed by atoms with Crippen LogP contribution in [0.2, 0.25) is 0 Å². The van der Waals surface area contributed by atoms with Gasteiger partial charge in [0, 0.05) is 12.0 Å². The van der Waals surface area contributed by atoms with Gasteiger partial charge in [-0.1, -0.05) is 35.5 Å². The number of rotatable bonds is 4. The van der Waals surface area contributed by atoms with E-state index in [1.807, 2.05) is 6.92 Å². The molecule has 0 bridgehead atoms. The van der Waals surface area contributed by atoms with Crippen molar-refractivity contribution in [2.45, 2.75) is 31.8 Å². The monoisotopic (exact) mass is 265 g/mol. The molecule has 1 fully saturated rings. The van der Waals surface area contributed by atoms with Crippen molar-refractivity contribution in [1.29, 1.82) is 0 Å². The van der Waals surface area contributed by atoms with E-state index in [4.69, 9.17) is 4.52 Å². The molecule has 1 aliphatic carbocycles. The molecular weight excluding hydrogens is 250 g/mol. The number of hydrogen-bond acceptors (Lipinski definition) is 4. The summed E-state index contributed by atoms with van der Waals surface area (Å²) in [6.07, 6.45) is 1.19. The predicted molar refractivity (Wildman–Crippen MR) is 70.7 cm³/mol. The van der Waals surface area contributed by atoms with E-state index in [1.54, 1.807) is 0 Å². The topological polar surface area (TPSA) is 51.0 Å². The summed E-state index contributed by atoms with van der Waals surface area (Å²) in [6.45, 7) is 2.49. The van der Waals surface area contributed by atoms with Crippen molar-refractivity contribution >= 4 is 12.4 Å². The van der Waals surface area contributed by atoms with Crippen LogP contribution in [-0.4, -0.2) is 16.2 Å². The fourth-order valence-corrected chi connectivity index (χ4v) is 2.12. The van der Waals surface area contributed by atoms with Crippen LogP contribution in [0.3, 0.4) is 0 Å². The zero-order chi connectivity index (χ0) is 11.7. The van der Waals surface area contributed by atoms with Gasteiger partial charge < -0.3 is 9.84 Å². The quantitative estimate of drug-likeness (QED) is 0.923. The number of nitrogens with zero attached hydrogens (tertiary/aromatic N) is 2. The minimum atomic E-state index is 0. The lowest BCUT2D eigenvalue weighted by molar-refractivity contribution is 0.363. The third-order valence-electron chi connectivity index (χ3n) is 3.10. The van der Waals surface area contributed by atoms with Gasteiger partial charge in [0.15, 0.2) is 5.82 Å². The molecule has 4 nitrogen and oxygen atoms in total. The first-order valence-electron chi connectivity index (χ1n) is 5.90. The van der Waals surface area contributed by atoms with E-state index < -0.39 is 0 Å². The first-order chi connectivity index (χ1) is 8.33. The van der Waals surface area contributed by atoms with Crippen molar-refractivity contribution in [3.8, 4) is 0 Å². The summed E-state index contributed by atoms with van der Waals surface area (Å²) in [6, 6.07) is 11.1. The van der Waals surface area contributed by atoms with Gasteiger partial charge in [0.2, 0.25) is 5.89 Å². The van der Waals surface area contributed by atoms with Gasteiger partial charge in [-0.25, -0.2) is 0 Å². The molecule has 5 heteroatoms. The molecule has 2 atom stereocenters. The Morgan fingerprint density at radius 3 is 2.78 bits per heavy atom. The van der Waals surface area contributed by atoms with Gasteiger partial charge in [0.05, 0.1) is 6.54 Å². The summed E-state index contributed by atoms with van der Waals surface area (Å²) in [5.74, 6) is 2.00. The second-order valence-corrected chi connectivity index (χ2v) is 4.48. The highest BCUT2D eigenvalue weighted by atomic mass is 35.5. The van der Waals surface area contributed by atoms with Crippen molar-refractivity contribution in [3.63, 3.8) is 0 Å². The van der Waals surface area contributed by atoms with Crippen molar-refractivity contribution in [2.75, 3.05) is 0 Å². The highest BCUT2D eigenvalue weighted by Crippen LogP contribution is 2.40. The summed E-state index contributed by atoms with van der Waals surface area (Å²) in [5.41, 5.74) is 1.41. The SMILES string of the molecule is Cc1noc(CNC2CC2c2ccccc2)n1.Cl. The lowest BCUT2D eigenvalue weighted by Gasteiger charge is -2.00. The number of benzene rings is 1. The van der Waals surface area contributed by atoms with Crippen molar-refractivity contribution in [2.24, 2.45) is 0 Å². The molecule has 1 N–H and O–H groups in total. The number of nitrogens with one attached hydrogen (secondary N) is 1. The van der Waals surface area contributed by atoms with Crippen molar-refractivity contribution in [1.82, 2.24) is 15.5 Å². The van der Waals surface area contributed by atoms with E-state index in [9.17, 15) is 0 Å². The Hall–Kier alpha value is -1.39. The van der Waals surface area contributed by atoms with Crippen LogP contribution in [0.25, 0.3) is 0 Å². The number of hydrogen-bond donors (Lipinski definition) is 1. The molecule has 0 amide bonds. The van der Waals surface area contributed by atoms with Crippen LogP contribution >= 0.6 is 12.4 Å². The Morgan fingerprint density at radius 2 is 2.11 bits per heavy atom. The predicted octanol–water partition coefficient (Wildman–Crippen LogP) is 2.45. The number of aryl methyl sites for hydroxylation is 1. The Bertz CT molecular complexity index is 500. The molecule has 0 radical (unpaired) electrons. The smallest absolute Gasteiger partial charge is 0.240 e. The average Bonchev–Trinajstić information content (AvgIpc) is 3.03. The summed E-state index contributed by atoms with van der Waals surface area (Å²) in [5, 5.41) is 7.20. The molecule has 96 valence electrons. The lowest BCUT2D eigenvalue weighted by Crippen LogP contribution is -2.17. The van der Waals surface area contributed by atoms with Crippen LogP contribution in [0.15, 0.2) is 34.9 Å². The van der Waals surface area contributed by atoms with E-state index >= 15 is 0 Å². The highest BCUT2D eigenvalue weighted by molar-refractivity contribution is 5.85. The Labute approximate surface area is 112 Å². The Morgan fingerprint density at radius 1 is 1.33 bits per heavy atom. The first kappa shape index (κ1) is 13.1. The van der Waals surface area contributed by atoms with Gasteiger partial charge in [-0.2, -0.15) is 4.98 Å². The van der Waals surface area contributed by atoms with Crippen LogP contribution in [0, 0.1) is 6.92 Å². The molecule has 1 saturated carbocycles. The molecule has 0 aliphatic heterocycles. The van der Waals surface area contributed by atoms with Crippen molar-refractivity contribution in [3.05, 3.63) is 47.6 Å². The molecule has 1 heterocycles. The number of aromatic nitrogens is 2. The summed E-state index contributed by atoms with van der Waals surface area (Å²) < 4.78 is 5.06. The molecule has 0 spiro atoms. The number of halogens is 1. The largest absolute Gasteiger partial charge is 0.338 e. The van der Waals surface area contributed by atoms with Crippen LogP contribution in [0.5, 0.6) is 0 Å². The fraction of sp³-hybridized carbons (Fsp3) is 0.385. The summed E-state index contributed by atoms with van der Waals surface area (Å²) in [4.78, 5) is 4.17. The van der Waals surface area contributed by atoms with Crippen molar-refractivity contribution < 1.29 is 4.52 Å². The molecule has 2 unspecified atom stereocenters. The third kappa shape index (κ3) is 2.89. The minimum absolute atomic E-state index is 0. The first-order valence-corrected chi connectivity index (χ1v) is 5.90. The molecule has 18 heavy (non-hydrogen) atoms. The standard InChI is InChI=1S/C13H15N3O.ClH/c1-9-15-13(17-16-9)8-14-12-7-11(12)10-5-3-2-4-6-10;/h2-6,11-12,14H,7-8H2,1H3;1H. The summed E-state index contributed by atoms with van der Waals surface area (Å²) >= 11 is 0. The molecule has 1 aliphatic rings. The van der Waals surface area contributed by atoms with Gasteiger partial charge >= 0.3 is 0 Å². The van der Waals surface area contributed by atoms with E-state index in [1.165, 1.54) is 12.0 Å². The Kier molecular flexibility index (Phi) is 3.99. The zero-order valence-corrected chi connectivity index (χ0v) is 11.0. The van der Waals surface area contributed by atoms with Gasteiger partial charge in [0.25, 0.3) is 0 Å². The van der Waals surface area contributed by atoms with E-state index in [0.29, 0.717) is 30.2 Å². The van der Waals surface area contributed by atoms with Gasteiger partial charge in [-0.3, -0.25) is 0 Å². The molecule has 0 saturated heterocycles. The molecular formula is C13H16ClN3O. The van der Waals surface area contributed by atoms with Crippen LogP contribution in [0.4, 0.5) is 0 Å². The van der Waals surface area contributed by atoms with Gasteiger partial charge in [0.1, 0.15) is 0 Å². The molecule has 2 aromatic rings. The minimum Gasteiger partial charge on any atom is -0.338 e. The molecule has 1 aromatic heterocycles. The van der Waals surface area contributed by atoms with Gasteiger partial charge in [-0.15, -0.1) is 12.4 Å². The highest BCUT2D eigenvalue weighted by Gasteiger charge is 2.37. The normalized spacial score (nSPS) is 21.4. The van der Waals surface area contributed by atoms with E-state index in [-0.39, 0.29) is 12.4 Å². The average molecular weight is 266 g/mol.